The Morgan fingerprint density at radius 1 is 1.33 bits per heavy atom. The van der Waals surface area contributed by atoms with E-state index in [0.717, 1.165) is 6.42 Å². The molecule has 0 saturated carbocycles. The summed E-state index contributed by atoms with van der Waals surface area (Å²) in [5.41, 5.74) is 4.90. The highest BCUT2D eigenvalue weighted by atomic mass is 35.5. The van der Waals surface area contributed by atoms with Gasteiger partial charge >= 0.3 is 12.0 Å². The van der Waals surface area contributed by atoms with Crippen LogP contribution in [0.2, 0.25) is 5.02 Å². The topological polar surface area (TPSA) is 117 Å². The number of imide groups is 1. The number of carbonyl (C=O) groups is 3. The van der Waals surface area contributed by atoms with Crippen molar-refractivity contribution < 1.29 is 28.6 Å². The quantitative estimate of drug-likeness (QED) is 0.718. The molecule has 1 aromatic carbocycles. The zero-order chi connectivity index (χ0) is 18.3. The normalized spacial score (nSPS) is 11.3. The molecule has 9 heteroatoms. The Labute approximate surface area is 144 Å². The van der Waals surface area contributed by atoms with Crippen LogP contribution in [0, 0.1) is 0 Å². The van der Waals surface area contributed by atoms with Crippen LogP contribution in [0.15, 0.2) is 12.1 Å². The summed E-state index contributed by atoms with van der Waals surface area (Å²) in [5, 5.41) is 1.99. The van der Waals surface area contributed by atoms with Crippen LogP contribution in [0.5, 0.6) is 11.5 Å². The molecule has 0 aromatic heterocycles. The molecule has 3 amide bonds. The summed E-state index contributed by atoms with van der Waals surface area (Å²) in [6, 6.07) is 1.69. The van der Waals surface area contributed by atoms with Gasteiger partial charge in [0, 0.05) is 0 Å². The number of methoxy groups -OCH3 is 1. The number of halogens is 1. The molecule has 0 bridgehead atoms. The van der Waals surface area contributed by atoms with Gasteiger partial charge in [-0.05, 0) is 25.5 Å². The maximum Gasteiger partial charge on any atom is 0.339 e. The van der Waals surface area contributed by atoms with Crippen molar-refractivity contribution in [3.63, 3.8) is 0 Å². The van der Waals surface area contributed by atoms with Crippen LogP contribution in [0.1, 0.15) is 30.6 Å². The first-order valence-corrected chi connectivity index (χ1v) is 7.49. The number of hydrogen-bond acceptors (Lipinski definition) is 6. The van der Waals surface area contributed by atoms with Crippen LogP contribution >= 0.6 is 11.6 Å². The van der Waals surface area contributed by atoms with E-state index in [9.17, 15) is 14.4 Å². The summed E-state index contributed by atoms with van der Waals surface area (Å²) < 4.78 is 15.6. The average Bonchev–Trinajstić information content (AvgIpc) is 2.52. The van der Waals surface area contributed by atoms with Gasteiger partial charge in [0.25, 0.3) is 5.91 Å². The summed E-state index contributed by atoms with van der Waals surface area (Å²) in [6.07, 6.45) is -0.443. The molecule has 8 nitrogen and oxygen atoms in total. The van der Waals surface area contributed by atoms with Gasteiger partial charge < -0.3 is 19.9 Å². The van der Waals surface area contributed by atoms with Crippen LogP contribution in [0.4, 0.5) is 4.79 Å². The second-order valence-corrected chi connectivity index (χ2v) is 5.15. The molecule has 0 heterocycles. The number of nitrogens with one attached hydrogen (secondary N) is 1. The van der Waals surface area contributed by atoms with Crippen molar-refractivity contribution in [2.24, 2.45) is 5.73 Å². The Hall–Kier alpha value is -2.48. The van der Waals surface area contributed by atoms with Crippen molar-refractivity contribution in [1.82, 2.24) is 5.32 Å². The summed E-state index contributed by atoms with van der Waals surface area (Å²) in [5.74, 6) is -1.07. The smallest absolute Gasteiger partial charge is 0.339 e. The van der Waals surface area contributed by atoms with Crippen molar-refractivity contribution in [2.75, 3.05) is 13.7 Å². The first-order valence-electron chi connectivity index (χ1n) is 7.11. The van der Waals surface area contributed by atoms with Gasteiger partial charge in [-0.1, -0.05) is 18.5 Å². The van der Waals surface area contributed by atoms with Crippen molar-refractivity contribution in [3.05, 3.63) is 22.7 Å². The largest absolute Gasteiger partial charge is 0.493 e. The average molecular weight is 359 g/mol. The molecular weight excluding hydrogens is 340 g/mol. The lowest BCUT2D eigenvalue weighted by molar-refractivity contribution is -0.127. The first-order chi connectivity index (χ1) is 11.3. The van der Waals surface area contributed by atoms with Crippen LogP contribution in [0.3, 0.4) is 0 Å². The van der Waals surface area contributed by atoms with E-state index in [1.54, 1.807) is 0 Å². The van der Waals surface area contributed by atoms with Gasteiger partial charge in [-0.3, -0.25) is 10.1 Å². The maximum absolute atomic E-state index is 12.1. The van der Waals surface area contributed by atoms with Crippen molar-refractivity contribution in [1.29, 1.82) is 0 Å². The third-order valence-corrected chi connectivity index (χ3v) is 3.10. The fourth-order valence-electron chi connectivity index (χ4n) is 1.69. The van der Waals surface area contributed by atoms with E-state index >= 15 is 0 Å². The molecule has 0 radical (unpaired) electrons. The van der Waals surface area contributed by atoms with Gasteiger partial charge in [0.1, 0.15) is 0 Å². The standard InChI is InChI=1S/C15H19ClN2O6/c1-4-5-23-12-10(16)6-9(7-11(12)22-3)14(20)24-8(2)13(19)18-15(17)21/h6-8H,4-5H2,1-3H3,(H3,17,18,19,21)/t8-/m1/s1. The van der Waals surface area contributed by atoms with E-state index in [0.29, 0.717) is 12.4 Å². The summed E-state index contributed by atoms with van der Waals surface area (Å²) >= 11 is 6.11. The fraction of sp³-hybridized carbons (Fsp3) is 0.400. The minimum atomic E-state index is -1.22. The predicted octanol–water partition coefficient (Wildman–Crippen LogP) is 1.88. The lowest BCUT2D eigenvalue weighted by Gasteiger charge is -2.15. The number of amides is 3. The lowest BCUT2D eigenvalue weighted by Crippen LogP contribution is -2.42. The van der Waals surface area contributed by atoms with E-state index < -0.39 is 24.0 Å². The van der Waals surface area contributed by atoms with Gasteiger partial charge in [-0.15, -0.1) is 0 Å². The minimum Gasteiger partial charge on any atom is -0.493 e. The molecule has 0 fully saturated rings. The zero-order valence-corrected chi connectivity index (χ0v) is 14.3. The second kappa shape index (κ2) is 8.97. The molecule has 0 aliphatic heterocycles. The van der Waals surface area contributed by atoms with E-state index in [1.807, 2.05) is 12.2 Å². The summed E-state index contributed by atoms with van der Waals surface area (Å²) in [4.78, 5) is 34.3. The number of nitrogens with two attached hydrogens (primary N) is 1. The lowest BCUT2D eigenvalue weighted by atomic mass is 10.2. The van der Waals surface area contributed by atoms with Gasteiger partial charge in [0.05, 0.1) is 24.3 Å². The van der Waals surface area contributed by atoms with E-state index in [2.05, 4.69) is 0 Å². The second-order valence-electron chi connectivity index (χ2n) is 4.74. The highest BCUT2D eigenvalue weighted by Crippen LogP contribution is 2.36. The van der Waals surface area contributed by atoms with Gasteiger partial charge in [0.15, 0.2) is 17.6 Å². The number of hydrogen-bond donors (Lipinski definition) is 2. The molecule has 24 heavy (non-hydrogen) atoms. The van der Waals surface area contributed by atoms with Crippen LogP contribution in [-0.4, -0.2) is 37.7 Å². The van der Waals surface area contributed by atoms with Crippen LogP contribution < -0.4 is 20.5 Å². The minimum absolute atomic E-state index is 0.0689. The number of rotatable bonds is 7. The summed E-state index contributed by atoms with van der Waals surface area (Å²) in [6.45, 7) is 3.67. The molecule has 3 N–H and O–H groups in total. The number of esters is 1. The number of primary amides is 1. The Morgan fingerprint density at radius 3 is 2.54 bits per heavy atom. The van der Waals surface area contributed by atoms with Crippen molar-refractivity contribution >= 4 is 29.5 Å². The van der Waals surface area contributed by atoms with E-state index in [4.69, 9.17) is 31.5 Å². The maximum atomic E-state index is 12.1. The van der Waals surface area contributed by atoms with Gasteiger partial charge in [0.2, 0.25) is 0 Å². The third kappa shape index (κ3) is 5.31. The molecule has 1 atom stereocenters. The molecule has 132 valence electrons. The Bertz CT molecular complexity index is 635. The fourth-order valence-corrected chi connectivity index (χ4v) is 1.95. The highest BCUT2D eigenvalue weighted by Gasteiger charge is 2.22. The molecule has 0 saturated heterocycles. The molecular formula is C15H19ClN2O6. The molecule has 0 aliphatic carbocycles. The summed E-state index contributed by atoms with van der Waals surface area (Å²) in [7, 11) is 1.41. The molecule has 0 spiro atoms. The molecule has 0 aliphatic rings. The number of urea groups is 1. The van der Waals surface area contributed by atoms with Gasteiger partial charge in [-0.2, -0.15) is 0 Å². The monoisotopic (exact) mass is 358 g/mol. The van der Waals surface area contributed by atoms with E-state index in [1.165, 1.54) is 26.2 Å². The van der Waals surface area contributed by atoms with Crippen LogP contribution in [0.25, 0.3) is 0 Å². The SMILES string of the molecule is CCCOc1c(Cl)cc(C(=O)O[C@H](C)C(=O)NC(N)=O)cc1OC. The van der Waals surface area contributed by atoms with Crippen molar-refractivity contribution in [2.45, 2.75) is 26.4 Å². The first kappa shape index (κ1) is 19.6. The third-order valence-electron chi connectivity index (χ3n) is 2.82. The number of ether oxygens (including phenoxy) is 3. The Balaban J connectivity index is 2.93. The van der Waals surface area contributed by atoms with Gasteiger partial charge in [-0.25, -0.2) is 9.59 Å². The Morgan fingerprint density at radius 2 is 2.00 bits per heavy atom. The van der Waals surface area contributed by atoms with E-state index in [-0.39, 0.29) is 16.3 Å². The number of carbonyl (C=O) groups excluding carboxylic acids is 3. The molecule has 1 aromatic rings. The Kier molecular flexibility index (Phi) is 7.31. The molecule has 1 rings (SSSR count). The highest BCUT2D eigenvalue weighted by molar-refractivity contribution is 6.32. The molecule has 0 unspecified atom stereocenters. The van der Waals surface area contributed by atoms with Crippen molar-refractivity contribution in [3.8, 4) is 11.5 Å². The zero-order valence-electron chi connectivity index (χ0n) is 13.6. The predicted molar refractivity (Wildman–Crippen MR) is 86.4 cm³/mol. The van der Waals surface area contributed by atoms with Crippen LogP contribution in [-0.2, 0) is 9.53 Å². The number of benzene rings is 1.